The molecule has 0 spiro atoms. The molecule has 0 unspecified atom stereocenters. The third kappa shape index (κ3) is 6.24. The smallest absolute Gasteiger partial charge is 0.185 e. The Morgan fingerprint density at radius 1 is 1.03 bits per heavy atom. The van der Waals surface area contributed by atoms with Crippen molar-refractivity contribution in [3.05, 3.63) is 71.8 Å². The van der Waals surface area contributed by atoms with Gasteiger partial charge in [0.1, 0.15) is 11.5 Å². The molecule has 0 fully saturated rings. The number of ketones is 1. The molecule has 0 radical (unpaired) electrons. The van der Waals surface area contributed by atoms with E-state index in [4.69, 9.17) is 9.47 Å². The van der Waals surface area contributed by atoms with Gasteiger partial charge in [0.2, 0.25) is 0 Å². The second kappa shape index (κ2) is 11.7. The summed E-state index contributed by atoms with van der Waals surface area (Å²) in [6, 6.07) is 11.4. The van der Waals surface area contributed by atoms with Crippen molar-refractivity contribution in [3.63, 3.8) is 0 Å². The first-order valence-corrected chi connectivity index (χ1v) is 10.2. The second-order valence-electron chi connectivity index (χ2n) is 6.68. The second-order valence-corrected chi connectivity index (χ2v) is 6.68. The fourth-order valence-corrected chi connectivity index (χ4v) is 2.87. The van der Waals surface area contributed by atoms with Gasteiger partial charge in [-0.15, -0.1) is 6.58 Å². The molecule has 0 aliphatic heterocycles. The van der Waals surface area contributed by atoms with Gasteiger partial charge in [0.05, 0.1) is 18.8 Å². The number of hydrogen-bond donors (Lipinski definition) is 1. The van der Waals surface area contributed by atoms with E-state index < -0.39 is 0 Å². The van der Waals surface area contributed by atoms with Crippen molar-refractivity contribution in [1.82, 2.24) is 0 Å². The van der Waals surface area contributed by atoms with Crippen LogP contribution in [0.15, 0.2) is 55.1 Å². The van der Waals surface area contributed by atoms with Crippen molar-refractivity contribution < 1.29 is 14.3 Å². The minimum Gasteiger partial charge on any atom is -0.493 e. The van der Waals surface area contributed by atoms with Crippen LogP contribution < -0.4 is 14.8 Å². The van der Waals surface area contributed by atoms with Crippen LogP contribution >= 0.6 is 0 Å². The Labute approximate surface area is 174 Å². The number of rotatable bonds is 12. The Hall–Kier alpha value is -3.01. The first-order valence-electron chi connectivity index (χ1n) is 10.2. The average molecular weight is 394 g/mol. The highest BCUT2D eigenvalue weighted by Gasteiger charge is 2.14. The molecule has 29 heavy (non-hydrogen) atoms. The minimum absolute atomic E-state index is 0.0651. The third-order valence-electron chi connectivity index (χ3n) is 4.37. The standard InChI is InChI=1S/C25H31NO3/c1-5-8-20-11-16-24(28-17-6-2)22(25(20)29-18-7-3)14-15-23(27)19-9-12-21(26-4)13-10-19/h5,9-16,26H,1,6-8,17-18H2,2-4H3/b15-14+. The summed E-state index contributed by atoms with van der Waals surface area (Å²) < 4.78 is 12.0. The Balaban J connectivity index is 2.41. The Kier molecular flexibility index (Phi) is 9.03. The molecule has 4 heteroatoms. The van der Waals surface area contributed by atoms with E-state index >= 15 is 0 Å². The lowest BCUT2D eigenvalue weighted by Gasteiger charge is -2.17. The quantitative estimate of drug-likeness (QED) is 0.276. The average Bonchev–Trinajstić information content (AvgIpc) is 2.76. The van der Waals surface area contributed by atoms with Gasteiger partial charge in [0.15, 0.2) is 5.78 Å². The fraction of sp³-hybridized carbons (Fsp3) is 0.320. The van der Waals surface area contributed by atoms with Gasteiger partial charge >= 0.3 is 0 Å². The van der Waals surface area contributed by atoms with Gasteiger partial charge in [-0.3, -0.25) is 4.79 Å². The van der Waals surface area contributed by atoms with Crippen molar-refractivity contribution in [2.24, 2.45) is 0 Å². The number of carbonyl (C=O) groups is 1. The number of carbonyl (C=O) groups excluding carboxylic acids is 1. The highest BCUT2D eigenvalue weighted by atomic mass is 16.5. The lowest BCUT2D eigenvalue weighted by atomic mass is 10.0. The molecular formula is C25H31NO3. The Morgan fingerprint density at radius 2 is 1.72 bits per heavy atom. The number of hydrogen-bond acceptors (Lipinski definition) is 4. The zero-order valence-electron chi connectivity index (χ0n) is 17.7. The maximum atomic E-state index is 12.7. The van der Waals surface area contributed by atoms with Crippen molar-refractivity contribution in [2.75, 3.05) is 25.6 Å². The van der Waals surface area contributed by atoms with Crippen LogP contribution in [-0.2, 0) is 6.42 Å². The van der Waals surface area contributed by atoms with E-state index in [2.05, 4.69) is 25.7 Å². The molecule has 0 amide bonds. The van der Waals surface area contributed by atoms with E-state index in [1.165, 1.54) is 0 Å². The van der Waals surface area contributed by atoms with Crippen LogP contribution in [0.3, 0.4) is 0 Å². The SMILES string of the molecule is C=CCc1ccc(OCCC)c(/C=C/C(=O)c2ccc(NC)cc2)c1OCCC. The molecule has 154 valence electrons. The number of anilines is 1. The molecule has 2 aromatic rings. The summed E-state index contributed by atoms with van der Waals surface area (Å²) >= 11 is 0. The van der Waals surface area contributed by atoms with Gasteiger partial charge < -0.3 is 14.8 Å². The van der Waals surface area contributed by atoms with Crippen molar-refractivity contribution in [3.8, 4) is 11.5 Å². The van der Waals surface area contributed by atoms with E-state index in [0.29, 0.717) is 25.2 Å². The van der Waals surface area contributed by atoms with E-state index in [0.717, 1.165) is 41.2 Å². The molecule has 0 heterocycles. The van der Waals surface area contributed by atoms with E-state index in [-0.39, 0.29) is 5.78 Å². The molecule has 0 atom stereocenters. The molecule has 4 nitrogen and oxygen atoms in total. The van der Waals surface area contributed by atoms with E-state index in [9.17, 15) is 4.79 Å². The maximum absolute atomic E-state index is 12.7. The van der Waals surface area contributed by atoms with Gasteiger partial charge in [0.25, 0.3) is 0 Å². The molecule has 0 saturated carbocycles. The molecule has 0 aromatic heterocycles. The molecule has 0 saturated heterocycles. The summed E-state index contributed by atoms with van der Waals surface area (Å²) in [7, 11) is 1.85. The normalized spacial score (nSPS) is 10.7. The van der Waals surface area contributed by atoms with Crippen LogP contribution in [-0.4, -0.2) is 26.0 Å². The van der Waals surface area contributed by atoms with Crippen LogP contribution in [0.2, 0.25) is 0 Å². The van der Waals surface area contributed by atoms with Crippen molar-refractivity contribution in [2.45, 2.75) is 33.1 Å². The first-order chi connectivity index (χ1) is 14.1. The minimum atomic E-state index is -0.0651. The Morgan fingerprint density at radius 3 is 2.34 bits per heavy atom. The van der Waals surface area contributed by atoms with Crippen LogP contribution in [0.5, 0.6) is 11.5 Å². The van der Waals surface area contributed by atoms with Crippen LogP contribution in [0.4, 0.5) is 5.69 Å². The number of benzene rings is 2. The first kappa shape index (κ1) is 22.3. The summed E-state index contributed by atoms with van der Waals surface area (Å²) in [5.41, 5.74) is 3.43. The lowest BCUT2D eigenvalue weighted by Crippen LogP contribution is -2.04. The third-order valence-corrected chi connectivity index (χ3v) is 4.37. The van der Waals surface area contributed by atoms with Crippen LogP contribution in [0.25, 0.3) is 6.08 Å². The molecule has 0 aliphatic carbocycles. The summed E-state index contributed by atoms with van der Waals surface area (Å²) in [6.07, 6.45) is 7.72. The summed E-state index contributed by atoms with van der Waals surface area (Å²) in [4.78, 5) is 12.7. The summed E-state index contributed by atoms with van der Waals surface area (Å²) in [5, 5.41) is 3.05. The zero-order chi connectivity index (χ0) is 21.1. The summed E-state index contributed by atoms with van der Waals surface area (Å²) in [5.74, 6) is 1.42. The lowest BCUT2D eigenvalue weighted by molar-refractivity contribution is 0.104. The van der Waals surface area contributed by atoms with Gasteiger partial charge in [0, 0.05) is 18.3 Å². The highest BCUT2D eigenvalue weighted by Crippen LogP contribution is 2.35. The predicted molar refractivity (Wildman–Crippen MR) is 121 cm³/mol. The van der Waals surface area contributed by atoms with Crippen LogP contribution in [0.1, 0.15) is 48.2 Å². The number of ether oxygens (including phenoxy) is 2. The van der Waals surface area contributed by atoms with Crippen molar-refractivity contribution >= 4 is 17.5 Å². The Bertz CT molecular complexity index is 838. The molecule has 2 aromatic carbocycles. The maximum Gasteiger partial charge on any atom is 0.185 e. The number of allylic oxidation sites excluding steroid dienone is 2. The zero-order valence-corrected chi connectivity index (χ0v) is 17.7. The predicted octanol–water partition coefficient (Wildman–Crippen LogP) is 5.93. The highest BCUT2D eigenvalue weighted by molar-refractivity contribution is 6.07. The van der Waals surface area contributed by atoms with Gasteiger partial charge in [-0.25, -0.2) is 0 Å². The van der Waals surface area contributed by atoms with Gasteiger partial charge in [-0.1, -0.05) is 26.0 Å². The molecular weight excluding hydrogens is 362 g/mol. The van der Waals surface area contributed by atoms with Gasteiger partial charge in [-0.05, 0) is 67.3 Å². The van der Waals surface area contributed by atoms with Gasteiger partial charge in [-0.2, -0.15) is 0 Å². The topological polar surface area (TPSA) is 47.6 Å². The molecule has 0 aliphatic rings. The summed E-state index contributed by atoms with van der Waals surface area (Å²) in [6.45, 7) is 9.18. The van der Waals surface area contributed by atoms with Crippen LogP contribution in [0, 0.1) is 0 Å². The van der Waals surface area contributed by atoms with Crippen molar-refractivity contribution in [1.29, 1.82) is 0 Å². The largest absolute Gasteiger partial charge is 0.493 e. The molecule has 0 bridgehead atoms. The molecule has 1 N–H and O–H groups in total. The van der Waals surface area contributed by atoms with E-state index in [1.807, 2.05) is 49.5 Å². The molecule has 2 rings (SSSR count). The number of nitrogens with one attached hydrogen (secondary N) is 1. The fourth-order valence-electron chi connectivity index (χ4n) is 2.87. The monoisotopic (exact) mass is 393 g/mol. The van der Waals surface area contributed by atoms with E-state index in [1.54, 1.807) is 12.2 Å².